The number of carbonyl (C=O) groups excluding carboxylic acids is 1. The zero-order valence-corrected chi connectivity index (χ0v) is 17.2. The number of aromatic nitrogens is 3. The fourth-order valence-electron chi connectivity index (χ4n) is 3.73. The van der Waals surface area contributed by atoms with Crippen LogP contribution in [-0.2, 0) is 6.42 Å². The first-order chi connectivity index (χ1) is 15.1. The molecule has 0 radical (unpaired) electrons. The number of rotatable bonds is 5. The third-order valence-electron chi connectivity index (χ3n) is 5.57. The van der Waals surface area contributed by atoms with Crippen molar-refractivity contribution in [3.63, 3.8) is 0 Å². The van der Waals surface area contributed by atoms with E-state index >= 15 is 0 Å². The molecule has 31 heavy (non-hydrogen) atoms. The third-order valence-corrected chi connectivity index (χ3v) is 5.57. The quantitative estimate of drug-likeness (QED) is 0.523. The number of fused-ring (bicyclic) bond motifs is 1. The summed E-state index contributed by atoms with van der Waals surface area (Å²) in [5, 5.41) is 17.1. The molecule has 0 unspecified atom stereocenters. The molecule has 0 bridgehead atoms. The van der Waals surface area contributed by atoms with Gasteiger partial charge >= 0.3 is 0 Å². The molecule has 2 aromatic carbocycles. The van der Waals surface area contributed by atoms with Crippen LogP contribution in [0.15, 0.2) is 66.9 Å². The van der Waals surface area contributed by atoms with E-state index in [-0.39, 0.29) is 5.91 Å². The SMILES string of the molecule is CCc1ccc(-c2cccn3nc(Nc4ccc(C(=O)N5CC(O)C5)cc4)nc23)cc1. The predicted octanol–water partition coefficient (Wildman–Crippen LogP) is 3.52. The summed E-state index contributed by atoms with van der Waals surface area (Å²) in [5.41, 5.74) is 5.58. The lowest BCUT2D eigenvalue weighted by molar-refractivity contribution is 0.00590. The van der Waals surface area contributed by atoms with E-state index in [0.717, 1.165) is 28.9 Å². The molecular formula is C24H23N5O2. The number of hydrogen-bond donors (Lipinski definition) is 2. The van der Waals surface area contributed by atoms with E-state index in [1.807, 2.05) is 30.5 Å². The number of pyridine rings is 1. The number of aryl methyl sites for hydroxylation is 1. The summed E-state index contributed by atoms with van der Waals surface area (Å²) in [6.45, 7) is 2.94. The maximum Gasteiger partial charge on any atom is 0.254 e. The average molecular weight is 413 g/mol. The van der Waals surface area contributed by atoms with Crippen LogP contribution in [0.4, 0.5) is 11.6 Å². The van der Waals surface area contributed by atoms with Gasteiger partial charge in [-0.3, -0.25) is 4.79 Å². The highest BCUT2D eigenvalue weighted by atomic mass is 16.3. The van der Waals surface area contributed by atoms with Gasteiger partial charge in [0.2, 0.25) is 5.95 Å². The van der Waals surface area contributed by atoms with Crippen LogP contribution < -0.4 is 5.32 Å². The number of aliphatic hydroxyl groups is 1. The van der Waals surface area contributed by atoms with Gasteiger partial charge in [0.1, 0.15) is 0 Å². The van der Waals surface area contributed by atoms with Gasteiger partial charge in [-0.15, -0.1) is 5.10 Å². The Bertz CT molecular complexity index is 1230. The lowest BCUT2D eigenvalue weighted by atomic mass is 10.0. The van der Waals surface area contributed by atoms with Gasteiger partial charge in [0.15, 0.2) is 5.65 Å². The Morgan fingerprint density at radius 2 is 1.84 bits per heavy atom. The fourth-order valence-corrected chi connectivity index (χ4v) is 3.73. The van der Waals surface area contributed by atoms with E-state index in [1.165, 1.54) is 5.56 Å². The van der Waals surface area contributed by atoms with Gasteiger partial charge in [0, 0.05) is 36.1 Å². The van der Waals surface area contributed by atoms with Crippen LogP contribution in [-0.4, -0.2) is 49.7 Å². The molecule has 3 heterocycles. The number of β-amino-alcohol motifs (C(OH)–C–C–N with tert-alkyl or cyclic N) is 1. The van der Waals surface area contributed by atoms with Crippen molar-refractivity contribution in [1.29, 1.82) is 0 Å². The zero-order valence-electron chi connectivity index (χ0n) is 17.2. The molecule has 2 N–H and O–H groups in total. The Hall–Kier alpha value is -3.71. The molecule has 1 saturated heterocycles. The predicted molar refractivity (Wildman–Crippen MR) is 119 cm³/mol. The number of amides is 1. The second-order valence-corrected chi connectivity index (χ2v) is 7.74. The molecule has 5 rings (SSSR count). The zero-order chi connectivity index (χ0) is 21.4. The van der Waals surface area contributed by atoms with Crippen molar-refractivity contribution in [3.05, 3.63) is 78.0 Å². The smallest absolute Gasteiger partial charge is 0.254 e. The second-order valence-electron chi connectivity index (χ2n) is 7.74. The number of carbonyl (C=O) groups is 1. The van der Waals surface area contributed by atoms with Gasteiger partial charge in [-0.05, 0) is 53.9 Å². The molecule has 7 heteroatoms. The highest BCUT2D eigenvalue weighted by Crippen LogP contribution is 2.25. The maximum atomic E-state index is 12.3. The van der Waals surface area contributed by atoms with Crippen molar-refractivity contribution in [3.8, 4) is 11.1 Å². The van der Waals surface area contributed by atoms with Crippen LogP contribution in [0, 0.1) is 0 Å². The summed E-state index contributed by atoms with van der Waals surface area (Å²) < 4.78 is 1.76. The number of anilines is 2. The molecule has 156 valence electrons. The summed E-state index contributed by atoms with van der Waals surface area (Å²) in [7, 11) is 0. The number of benzene rings is 2. The topological polar surface area (TPSA) is 82.8 Å². The van der Waals surface area contributed by atoms with Crippen LogP contribution in [0.5, 0.6) is 0 Å². The van der Waals surface area contributed by atoms with Gasteiger partial charge < -0.3 is 15.3 Å². The summed E-state index contributed by atoms with van der Waals surface area (Å²) in [5.74, 6) is 0.420. The van der Waals surface area contributed by atoms with Gasteiger partial charge in [-0.25, -0.2) is 4.52 Å². The Kier molecular flexibility index (Phi) is 4.88. The van der Waals surface area contributed by atoms with Crippen LogP contribution >= 0.6 is 0 Å². The third kappa shape index (κ3) is 3.75. The standard InChI is InChI=1S/C24H23N5O2/c1-2-16-5-7-17(8-6-16)21-4-3-13-29-22(21)26-24(27-29)25-19-11-9-18(10-12-19)23(31)28-14-20(30)15-28/h3-13,20,30H,2,14-15H2,1H3,(H,25,27). The van der Waals surface area contributed by atoms with Crippen molar-refractivity contribution in [2.24, 2.45) is 0 Å². The minimum absolute atomic E-state index is 0.0681. The largest absolute Gasteiger partial charge is 0.389 e. The van der Waals surface area contributed by atoms with Gasteiger partial charge in [-0.2, -0.15) is 4.98 Å². The highest BCUT2D eigenvalue weighted by molar-refractivity contribution is 5.95. The second kappa shape index (κ2) is 7.85. The monoisotopic (exact) mass is 413 g/mol. The molecule has 1 fully saturated rings. The van der Waals surface area contributed by atoms with Gasteiger partial charge in [0.05, 0.1) is 6.10 Å². The van der Waals surface area contributed by atoms with Gasteiger partial charge in [0.25, 0.3) is 5.91 Å². The summed E-state index contributed by atoms with van der Waals surface area (Å²) in [4.78, 5) is 18.6. The molecule has 1 aliphatic rings. The molecule has 1 amide bonds. The lowest BCUT2D eigenvalue weighted by Crippen LogP contribution is -2.53. The molecule has 1 aliphatic heterocycles. The summed E-state index contributed by atoms with van der Waals surface area (Å²) >= 11 is 0. The van der Waals surface area contributed by atoms with Crippen LogP contribution in [0.25, 0.3) is 16.8 Å². The van der Waals surface area contributed by atoms with Crippen molar-refractivity contribution in [2.75, 3.05) is 18.4 Å². The van der Waals surface area contributed by atoms with Crippen molar-refractivity contribution < 1.29 is 9.90 Å². The molecular weight excluding hydrogens is 390 g/mol. The van der Waals surface area contributed by atoms with Crippen molar-refractivity contribution >= 4 is 23.2 Å². The Morgan fingerprint density at radius 1 is 1.10 bits per heavy atom. The molecule has 4 aromatic rings. The van der Waals surface area contributed by atoms with Crippen molar-refractivity contribution in [2.45, 2.75) is 19.4 Å². The molecule has 0 saturated carbocycles. The number of likely N-dealkylation sites (tertiary alicyclic amines) is 1. The minimum atomic E-state index is -0.402. The molecule has 0 spiro atoms. The molecule has 0 aliphatic carbocycles. The van der Waals surface area contributed by atoms with E-state index in [4.69, 9.17) is 0 Å². The Morgan fingerprint density at radius 3 is 2.52 bits per heavy atom. The number of nitrogens with zero attached hydrogens (tertiary/aromatic N) is 4. The normalized spacial score (nSPS) is 13.9. The van der Waals surface area contributed by atoms with E-state index < -0.39 is 6.10 Å². The highest BCUT2D eigenvalue weighted by Gasteiger charge is 2.29. The Labute approximate surface area is 180 Å². The molecule has 0 atom stereocenters. The van der Waals surface area contributed by atoms with E-state index in [9.17, 15) is 9.90 Å². The van der Waals surface area contributed by atoms with E-state index in [0.29, 0.717) is 24.6 Å². The molecule has 7 nitrogen and oxygen atoms in total. The molecule has 2 aromatic heterocycles. The first kappa shape index (κ1) is 19.3. The van der Waals surface area contributed by atoms with Crippen molar-refractivity contribution in [1.82, 2.24) is 19.5 Å². The van der Waals surface area contributed by atoms with E-state index in [2.05, 4.69) is 46.6 Å². The first-order valence-electron chi connectivity index (χ1n) is 10.4. The number of nitrogens with one attached hydrogen (secondary N) is 1. The number of hydrogen-bond acceptors (Lipinski definition) is 5. The number of aliphatic hydroxyl groups excluding tert-OH is 1. The summed E-state index contributed by atoms with van der Waals surface area (Å²) in [6.07, 6.45) is 2.48. The van der Waals surface area contributed by atoms with Crippen LogP contribution in [0.2, 0.25) is 0 Å². The van der Waals surface area contributed by atoms with Gasteiger partial charge in [-0.1, -0.05) is 31.2 Å². The fraction of sp³-hybridized carbons (Fsp3) is 0.208. The van der Waals surface area contributed by atoms with E-state index in [1.54, 1.807) is 21.5 Å². The lowest BCUT2D eigenvalue weighted by Gasteiger charge is -2.35. The van der Waals surface area contributed by atoms with Crippen LogP contribution in [0.1, 0.15) is 22.8 Å². The Balaban J connectivity index is 1.36. The first-order valence-corrected chi connectivity index (χ1v) is 10.4. The summed E-state index contributed by atoms with van der Waals surface area (Å²) in [6, 6.07) is 19.7. The average Bonchev–Trinajstić information content (AvgIpc) is 3.19. The minimum Gasteiger partial charge on any atom is -0.389 e. The van der Waals surface area contributed by atoms with Crippen LogP contribution in [0.3, 0.4) is 0 Å². The maximum absolute atomic E-state index is 12.3.